The van der Waals surface area contributed by atoms with Crippen LogP contribution in [0.4, 0.5) is 0 Å². The number of methoxy groups -OCH3 is 1. The lowest BCUT2D eigenvalue weighted by Crippen LogP contribution is -2.51. The third-order valence-electron chi connectivity index (χ3n) is 5.86. The van der Waals surface area contributed by atoms with Gasteiger partial charge in [0.05, 0.1) is 6.10 Å². The van der Waals surface area contributed by atoms with Gasteiger partial charge in [-0.15, -0.1) is 0 Å². The molecule has 122 valence electrons. The van der Waals surface area contributed by atoms with Crippen molar-refractivity contribution in [1.29, 1.82) is 0 Å². The largest absolute Gasteiger partial charge is 0.381 e. The van der Waals surface area contributed by atoms with Crippen LogP contribution in [0.5, 0.6) is 0 Å². The van der Waals surface area contributed by atoms with Crippen molar-refractivity contribution in [1.82, 2.24) is 14.7 Å². The molecule has 21 heavy (non-hydrogen) atoms. The van der Waals surface area contributed by atoms with Crippen molar-refractivity contribution in [3.63, 3.8) is 0 Å². The Kier molecular flexibility index (Phi) is 5.54. The predicted octanol–water partition coefficient (Wildman–Crippen LogP) is 1.37. The van der Waals surface area contributed by atoms with Crippen LogP contribution >= 0.6 is 0 Å². The van der Waals surface area contributed by atoms with E-state index in [-0.39, 0.29) is 0 Å². The molecule has 3 fully saturated rings. The predicted molar refractivity (Wildman–Crippen MR) is 86.6 cm³/mol. The van der Waals surface area contributed by atoms with E-state index in [0.717, 1.165) is 11.8 Å². The summed E-state index contributed by atoms with van der Waals surface area (Å²) < 4.78 is 5.38. The fourth-order valence-electron chi connectivity index (χ4n) is 4.15. The highest BCUT2D eigenvalue weighted by molar-refractivity contribution is 4.84. The van der Waals surface area contributed by atoms with Crippen LogP contribution in [0.2, 0.25) is 0 Å². The minimum atomic E-state index is 0.556. The van der Waals surface area contributed by atoms with E-state index in [1.807, 2.05) is 7.11 Å². The van der Waals surface area contributed by atoms with E-state index in [9.17, 15) is 0 Å². The molecule has 0 spiro atoms. The van der Waals surface area contributed by atoms with E-state index in [1.165, 1.54) is 78.0 Å². The Morgan fingerprint density at radius 1 is 0.810 bits per heavy atom. The Morgan fingerprint density at radius 2 is 1.33 bits per heavy atom. The summed E-state index contributed by atoms with van der Waals surface area (Å²) in [5.74, 6) is 1.84. The van der Waals surface area contributed by atoms with E-state index in [0.29, 0.717) is 6.10 Å². The first-order valence-corrected chi connectivity index (χ1v) is 8.89. The third kappa shape index (κ3) is 4.41. The van der Waals surface area contributed by atoms with Crippen molar-refractivity contribution in [2.24, 2.45) is 11.8 Å². The highest BCUT2D eigenvalue weighted by Crippen LogP contribution is 2.30. The van der Waals surface area contributed by atoms with Crippen LogP contribution < -0.4 is 0 Å². The summed E-state index contributed by atoms with van der Waals surface area (Å²) in [6.07, 6.45) is 5.92. The van der Waals surface area contributed by atoms with Crippen LogP contribution in [0.3, 0.4) is 0 Å². The topological polar surface area (TPSA) is 19.0 Å². The van der Waals surface area contributed by atoms with Crippen molar-refractivity contribution in [3.8, 4) is 0 Å². The van der Waals surface area contributed by atoms with Crippen molar-refractivity contribution in [2.45, 2.75) is 31.8 Å². The normalized spacial score (nSPS) is 34.0. The van der Waals surface area contributed by atoms with Gasteiger partial charge < -0.3 is 19.4 Å². The number of ether oxygens (including phenoxy) is 1. The van der Waals surface area contributed by atoms with Crippen LogP contribution in [0.15, 0.2) is 0 Å². The zero-order chi connectivity index (χ0) is 14.7. The zero-order valence-corrected chi connectivity index (χ0v) is 14.0. The molecule has 2 saturated heterocycles. The molecule has 0 N–H and O–H groups in total. The second-order valence-electron chi connectivity index (χ2n) is 7.54. The van der Waals surface area contributed by atoms with Crippen LogP contribution in [0, 0.1) is 11.8 Å². The third-order valence-corrected chi connectivity index (χ3v) is 5.86. The average molecular weight is 295 g/mol. The molecule has 1 saturated carbocycles. The maximum absolute atomic E-state index is 5.38. The molecule has 4 nitrogen and oxygen atoms in total. The molecule has 0 aromatic heterocycles. The SMILES string of the molecule is CO[C@H]1C[C@H](CN2CCN(CC3CCN(C)CC3)CC2)C1. The van der Waals surface area contributed by atoms with Crippen LogP contribution in [-0.4, -0.2) is 87.3 Å². The molecule has 3 rings (SSSR count). The van der Waals surface area contributed by atoms with Crippen LogP contribution in [0.25, 0.3) is 0 Å². The van der Waals surface area contributed by atoms with Gasteiger partial charge in [0.2, 0.25) is 0 Å². The van der Waals surface area contributed by atoms with E-state index in [4.69, 9.17) is 4.74 Å². The van der Waals surface area contributed by atoms with Gasteiger partial charge in [-0.25, -0.2) is 0 Å². The number of likely N-dealkylation sites (tertiary alicyclic amines) is 1. The highest BCUT2D eigenvalue weighted by atomic mass is 16.5. The molecular weight excluding hydrogens is 262 g/mol. The smallest absolute Gasteiger partial charge is 0.0577 e. The summed E-state index contributed by atoms with van der Waals surface area (Å²) in [5.41, 5.74) is 0. The number of nitrogens with zero attached hydrogens (tertiary/aromatic N) is 3. The lowest BCUT2D eigenvalue weighted by molar-refractivity contribution is -0.0167. The zero-order valence-electron chi connectivity index (χ0n) is 14.0. The van der Waals surface area contributed by atoms with Gasteiger partial charge in [0.25, 0.3) is 0 Å². The van der Waals surface area contributed by atoms with Gasteiger partial charge in [0.1, 0.15) is 0 Å². The molecule has 3 aliphatic rings. The van der Waals surface area contributed by atoms with Gasteiger partial charge in [0.15, 0.2) is 0 Å². The average Bonchev–Trinajstić information content (AvgIpc) is 2.46. The molecule has 0 amide bonds. The van der Waals surface area contributed by atoms with Gasteiger partial charge in [-0.3, -0.25) is 0 Å². The number of piperidine rings is 1. The van der Waals surface area contributed by atoms with Crippen molar-refractivity contribution < 1.29 is 4.74 Å². The molecule has 2 heterocycles. The lowest BCUT2D eigenvalue weighted by Gasteiger charge is -2.42. The monoisotopic (exact) mass is 295 g/mol. The molecule has 0 aromatic rings. The summed E-state index contributed by atoms with van der Waals surface area (Å²) in [7, 11) is 4.10. The number of rotatable bonds is 5. The quantitative estimate of drug-likeness (QED) is 0.762. The first-order valence-electron chi connectivity index (χ1n) is 8.89. The molecule has 0 bridgehead atoms. The second kappa shape index (κ2) is 7.40. The highest BCUT2D eigenvalue weighted by Gasteiger charge is 2.31. The van der Waals surface area contributed by atoms with Gasteiger partial charge in [0, 0.05) is 46.4 Å². The maximum atomic E-state index is 5.38. The second-order valence-corrected chi connectivity index (χ2v) is 7.54. The van der Waals surface area contributed by atoms with E-state index < -0.39 is 0 Å². The summed E-state index contributed by atoms with van der Waals surface area (Å²) >= 11 is 0. The number of piperazine rings is 1. The summed E-state index contributed by atoms with van der Waals surface area (Å²) in [5, 5.41) is 0. The molecule has 0 radical (unpaired) electrons. The van der Waals surface area contributed by atoms with Crippen molar-refractivity contribution in [2.75, 3.05) is 66.5 Å². The standard InChI is InChI=1S/C17H33N3O/c1-18-5-3-15(4-6-18)13-19-7-9-20(10-8-19)14-16-11-17(12-16)21-2/h15-17H,3-14H2,1-2H3/t16-,17-. The van der Waals surface area contributed by atoms with E-state index >= 15 is 0 Å². The Morgan fingerprint density at radius 3 is 1.86 bits per heavy atom. The Bertz CT molecular complexity index is 303. The van der Waals surface area contributed by atoms with Crippen molar-refractivity contribution >= 4 is 0 Å². The summed E-state index contributed by atoms with van der Waals surface area (Å²) in [6.45, 7) is 10.4. The minimum Gasteiger partial charge on any atom is -0.381 e. The van der Waals surface area contributed by atoms with Gasteiger partial charge in [-0.1, -0.05) is 0 Å². The summed E-state index contributed by atoms with van der Waals surface area (Å²) in [4.78, 5) is 7.87. The molecular formula is C17H33N3O. The maximum Gasteiger partial charge on any atom is 0.0577 e. The molecule has 0 aromatic carbocycles. The Labute approximate surface area is 130 Å². The lowest BCUT2D eigenvalue weighted by atomic mass is 9.82. The van der Waals surface area contributed by atoms with Crippen LogP contribution in [-0.2, 0) is 4.74 Å². The van der Waals surface area contributed by atoms with E-state index in [2.05, 4.69) is 21.7 Å². The van der Waals surface area contributed by atoms with Gasteiger partial charge in [-0.05, 0) is 57.7 Å². The molecule has 0 unspecified atom stereocenters. The fourth-order valence-corrected chi connectivity index (χ4v) is 4.15. The number of hydrogen-bond donors (Lipinski definition) is 0. The molecule has 1 aliphatic carbocycles. The van der Waals surface area contributed by atoms with Crippen LogP contribution in [0.1, 0.15) is 25.7 Å². The molecule has 2 aliphatic heterocycles. The number of hydrogen-bond acceptors (Lipinski definition) is 4. The molecule has 4 heteroatoms. The van der Waals surface area contributed by atoms with Gasteiger partial charge >= 0.3 is 0 Å². The Balaban J connectivity index is 1.30. The minimum absolute atomic E-state index is 0.556. The Hall–Kier alpha value is -0.160. The van der Waals surface area contributed by atoms with E-state index in [1.54, 1.807) is 0 Å². The molecule has 0 atom stereocenters. The summed E-state index contributed by atoms with van der Waals surface area (Å²) in [6, 6.07) is 0. The first-order chi connectivity index (χ1) is 10.2. The van der Waals surface area contributed by atoms with Gasteiger partial charge in [-0.2, -0.15) is 0 Å². The fraction of sp³-hybridized carbons (Fsp3) is 1.00. The van der Waals surface area contributed by atoms with Crippen molar-refractivity contribution in [3.05, 3.63) is 0 Å². The first kappa shape index (κ1) is 15.7.